The highest BCUT2D eigenvalue weighted by Gasteiger charge is 2.20. The molecule has 0 aliphatic heterocycles. The van der Waals surface area contributed by atoms with Crippen LogP contribution in [0.1, 0.15) is 0 Å². The molecule has 6 heteroatoms. The van der Waals surface area contributed by atoms with Gasteiger partial charge in [-0.15, -0.1) is 11.3 Å². The number of pyridine rings is 1. The first-order valence-electron chi connectivity index (χ1n) is 20.1. The minimum atomic E-state index is 0.624. The maximum Gasteiger partial charge on any atom is 0.164 e. The third kappa shape index (κ3) is 5.18. The Balaban J connectivity index is 1.01. The zero-order valence-electron chi connectivity index (χ0n) is 32.0. The van der Waals surface area contributed by atoms with Crippen molar-refractivity contribution < 1.29 is 0 Å². The average Bonchev–Trinajstić information content (AvgIpc) is 3.89. The van der Waals surface area contributed by atoms with E-state index in [0.717, 1.165) is 60.8 Å². The Morgan fingerprint density at radius 2 is 0.850 bits per heavy atom. The molecule has 0 aliphatic rings. The molecular weight excluding hydrogens is 751 g/mol. The number of nitrogens with zero attached hydrogens (tertiary/aromatic N) is 5. The molecule has 0 N–H and O–H groups in total. The predicted octanol–water partition coefficient (Wildman–Crippen LogP) is 14.3. The monoisotopic (exact) mass is 781 g/mol. The zero-order chi connectivity index (χ0) is 39.3. The molecule has 0 radical (unpaired) electrons. The van der Waals surface area contributed by atoms with Crippen LogP contribution in [0, 0.1) is 0 Å². The number of imidazole rings is 1. The Bertz CT molecular complexity index is 3800. The third-order valence-electron chi connectivity index (χ3n) is 12.0. The lowest BCUT2D eigenvalue weighted by atomic mass is 10.0. The van der Waals surface area contributed by atoms with Crippen molar-refractivity contribution in [3.63, 3.8) is 0 Å². The van der Waals surface area contributed by atoms with Gasteiger partial charge in [-0.05, 0) is 79.7 Å². The molecule has 4 heterocycles. The molecule has 0 unspecified atom stereocenters. The molecule has 0 fully saturated rings. The first kappa shape index (κ1) is 33.2. The molecule has 0 atom stereocenters. The summed E-state index contributed by atoms with van der Waals surface area (Å²) in [5.41, 5.74) is 8.04. The van der Waals surface area contributed by atoms with Gasteiger partial charge < -0.3 is 0 Å². The van der Waals surface area contributed by atoms with Crippen molar-refractivity contribution in [3.05, 3.63) is 188 Å². The Morgan fingerprint density at radius 3 is 1.50 bits per heavy atom. The van der Waals surface area contributed by atoms with E-state index in [9.17, 15) is 0 Å². The largest absolute Gasteiger partial charge is 0.291 e. The normalized spacial score (nSPS) is 12.0. The summed E-state index contributed by atoms with van der Waals surface area (Å²) in [5.74, 6) is 1.90. The van der Waals surface area contributed by atoms with Crippen LogP contribution in [0.5, 0.6) is 0 Å². The van der Waals surface area contributed by atoms with Crippen molar-refractivity contribution in [1.29, 1.82) is 0 Å². The number of hydrogen-bond donors (Lipinski definition) is 0. The van der Waals surface area contributed by atoms with Crippen LogP contribution >= 0.6 is 11.3 Å². The number of benzene rings is 9. The number of hydrogen-bond acceptors (Lipinski definition) is 5. The molecule has 13 rings (SSSR count). The van der Waals surface area contributed by atoms with Crippen molar-refractivity contribution >= 4 is 91.3 Å². The molecular formula is C54H31N5S. The van der Waals surface area contributed by atoms with Gasteiger partial charge in [0.1, 0.15) is 0 Å². The van der Waals surface area contributed by atoms with Gasteiger partial charge in [-0.3, -0.25) is 4.40 Å². The van der Waals surface area contributed by atoms with E-state index in [2.05, 4.69) is 192 Å². The first-order chi connectivity index (χ1) is 29.7. The molecule has 0 aliphatic carbocycles. The molecule has 13 aromatic rings. The second-order valence-corrected chi connectivity index (χ2v) is 16.6. The van der Waals surface area contributed by atoms with E-state index < -0.39 is 0 Å². The number of fused-ring (bicyclic) bond motifs is 12. The summed E-state index contributed by atoms with van der Waals surface area (Å²) in [7, 11) is 0. The van der Waals surface area contributed by atoms with E-state index in [4.69, 9.17) is 19.9 Å². The van der Waals surface area contributed by atoms with Gasteiger partial charge in [0.2, 0.25) is 0 Å². The molecule has 60 heavy (non-hydrogen) atoms. The molecule has 0 saturated carbocycles. The summed E-state index contributed by atoms with van der Waals surface area (Å²) in [6, 6.07) is 66.9. The standard InChI is InChI=1S/C54H31N5S/c1-3-12-37-27-41(23-17-32(37)9-1)52-56-51(57-53(58-52)42-24-18-33-10-2-4-13-38(33)28-42)36-21-19-35(20-22-36)47-31-45-44-29-39-14-5-6-15-40(39)30-48(44)60-50(45)54-55-49-43-16-8-7-11-34(43)25-26-46(49)59(47)54/h1-31H. The summed E-state index contributed by atoms with van der Waals surface area (Å²) in [5, 5.41) is 11.9. The summed E-state index contributed by atoms with van der Waals surface area (Å²) in [6.45, 7) is 0. The zero-order valence-corrected chi connectivity index (χ0v) is 32.9. The van der Waals surface area contributed by atoms with Gasteiger partial charge >= 0.3 is 0 Å². The van der Waals surface area contributed by atoms with Crippen LogP contribution < -0.4 is 0 Å². The van der Waals surface area contributed by atoms with E-state index in [-0.39, 0.29) is 0 Å². The summed E-state index contributed by atoms with van der Waals surface area (Å²) < 4.78 is 4.80. The molecule has 0 spiro atoms. The minimum Gasteiger partial charge on any atom is -0.291 e. The van der Waals surface area contributed by atoms with E-state index in [1.807, 2.05) is 11.3 Å². The molecule has 0 saturated heterocycles. The maximum atomic E-state index is 5.45. The Kier molecular flexibility index (Phi) is 7.11. The summed E-state index contributed by atoms with van der Waals surface area (Å²) >= 11 is 1.82. The summed E-state index contributed by atoms with van der Waals surface area (Å²) in [6.07, 6.45) is 0. The van der Waals surface area contributed by atoms with Gasteiger partial charge in [-0.1, -0.05) is 152 Å². The fourth-order valence-corrected chi connectivity index (χ4v) is 10.1. The molecule has 4 aromatic heterocycles. The van der Waals surface area contributed by atoms with Crippen molar-refractivity contribution in [2.75, 3.05) is 0 Å². The maximum absolute atomic E-state index is 5.45. The van der Waals surface area contributed by atoms with E-state index in [1.54, 1.807) is 0 Å². The van der Waals surface area contributed by atoms with Gasteiger partial charge in [-0.25, -0.2) is 19.9 Å². The van der Waals surface area contributed by atoms with Crippen molar-refractivity contribution in [2.45, 2.75) is 0 Å². The molecule has 0 bridgehead atoms. The van der Waals surface area contributed by atoms with Crippen molar-refractivity contribution in [1.82, 2.24) is 24.3 Å². The highest BCUT2D eigenvalue weighted by molar-refractivity contribution is 7.26. The highest BCUT2D eigenvalue weighted by Crippen LogP contribution is 2.43. The van der Waals surface area contributed by atoms with Crippen LogP contribution in [0.4, 0.5) is 0 Å². The number of rotatable bonds is 4. The van der Waals surface area contributed by atoms with Crippen molar-refractivity contribution in [2.24, 2.45) is 0 Å². The van der Waals surface area contributed by atoms with Crippen LogP contribution in [-0.2, 0) is 0 Å². The quantitative estimate of drug-likeness (QED) is 0.178. The van der Waals surface area contributed by atoms with Crippen LogP contribution in [0.3, 0.4) is 0 Å². The van der Waals surface area contributed by atoms with Gasteiger partial charge in [0, 0.05) is 37.5 Å². The van der Waals surface area contributed by atoms with Gasteiger partial charge in [0.15, 0.2) is 23.1 Å². The van der Waals surface area contributed by atoms with Gasteiger partial charge in [-0.2, -0.15) is 0 Å². The van der Waals surface area contributed by atoms with E-state index >= 15 is 0 Å². The average molecular weight is 782 g/mol. The van der Waals surface area contributed by atoms with Gasteiger partial charge in [0.25, 0.3) is 0 Å². The SMILES string of the molecule is c1ccc2cc(-c3nc(-c4ccc(-c5cc6c7cc8ccccc8cc7sc6c6nc7c8ccccc8ccc7n56)cc4)nc(-c4ccc5ccccc5c4)n3)ccc2c1. The van der Waals surface area contributed by atoms with Crippen LogP contribution in [-0.4, -0.2) is 24.3 Å². The lowest BCUT2D eigenvalue weighted by molar-refractivity contribution is 1.07. The van der Waals surface area contributed by atoms with Crippen LogP contribution in [0.15, 0.2) is 188 Å². The summed E-state index contributed by atoms with van der Waals surface area (Å²) in [4.78, 5) is 20.8. The fourth-order valence-electron chi connectivity index (χ4n) is 8.94. The molecule has 5 nitrogen and oxygen atoms in total. The number of thiophene rings is 1. The lowest BCUT2D eigenvalue weighted by Gasteiger charge is -2.11. The van der Waals surface area contributed by atoms with Gasteiger partial charge in [0.05, 0.1) is 21.4 Å². The fraction of sp³-hybridized carbons (Fsp3) is 0. The predicted molar refractivity (Wildman–Crippen MR) is 251 cm³/mol. The molecule has 278 valence electrons. The van der Waals surface area contributed by atoms with Crippen LogP contribution in [0.25, 0.3) is 125 Å². The topological polar surface area (TPSA) is 56.0 Å². The smallest absolute Gasteiger partial charge is 0.164 e. The third-order valence-corrected chi connectivity index (χ3v) is 13.1. The number of aromatic nitrogens is 5. The molecule has 0 amide bonds. The second-order valence-electron chi connectivity index (χ2n) is 15.5. The lowest BCUT2D eigenvalue weighted by Crippen LogP contribution is -2.00. The second kappa shape index (κ2) is 12.9. The Labute approximate surface area is 347 Å². The Morgan fingerprint density at radius 1 is 0.350 bits per heavy atom. The van der Waals surface area contributed by atoms with Crippen LogP contribution in [0.2, 0.25) is 0 Å². The minimum absolute atomic E-state index is 0.624. The molecule has 9 aromatic carbocycles. The highest BCUT2D eigenvalue weighted by atomic mass is 32.1. The van der Waals surface area contributed by atoms with Crippen molar-refractivity contribution in [3.8, 4) is 45.4 Å². The van der Waals surface area contributed by atoms with E-state index in [0.29, 0.717) is 17.5 Å². The Hall–Kier alpha value is -7.80. The van der Waals surface area contributed by atoms with E-state index in [1.165, 1.54) is 47.1 Å². The first-order valence-corrected chi connectivity index (χ1v) is 20.9.